The maximum absolute atomic E-state index is 11.6. The van der Waals surface area contributed by atoms with Gasteiger partial charge in [0, 0.05) is 54.9 Å². The van der Waals surface area contributed by atoms with E-state index in [-0.39, 0.29) is 0 Å². The zero-order valence-corrected chi connectivity index (χ0v) is 17.4. The predicted octanol–water partition coefficient (Wildman–Crippen LogP) is 4.08. The summed E-state index contributed by atoms with van der Waals surface area (Å²) < 4.78 is 3.68. The van der Waals surface area contributed by atoms with E-state index < -0.39 is 11.6 Å². The van der Waals surface area contributed by atoms with Gasteiger partial charge in [0.1, 0.15) is 11.5 Å². The van der Waals surface area contributed by atoms with Gasteiger partial charge in [-0.3, -0.25) is 14.0 Å². The van der Waals surface area contributed by atoms with Gasteiger partial charge in [0.05, 0.1) is 11.9 Å². The summed E-state index contributed by atoms with van der Waals surface area (Å²) in [6, 6.07) is 9.75. The highest BCUT2D eigenvalue weighted by Gasteiger charge is 2.26. The van der Waals surface area contributed by atoms with Gasteiger partial charge in [0.25, 0.3) is 0 Å². The molecule has 8 nitrogen and oxygen atoms in total. The molecule has 3 heterocycles. The van der Waals surface area contributed by atoms with Crippen LogP contribution in [0.25, 0.3) is 28.3 Å². The molecule has 1 N–H and O–H groups in total. The lowest BCUT2D eigenvalue weighted by Crippen LogP contribution is -2.44. The molecule has 1 aromatic carbocycles. The first kappa shape index (κ1) is 19.6. The molecule has 0 atom stereocenters. The molecular formula is C22H24N6O2. The van der Waals surface area contributed by atoms with Crippen molar-refractivity contribution in [3.8, 4) is 22.6 Å². The average Bonchev–Trinajstić information content (AvgIpc) is 3.33. The molecule has 0 bridgehead atoms. The van der Waals surface area contributed by atoms with Crippen molar-refractivity contribution < 1.29 is 9.90 Å². The van der Waals surface area contributed by atoms with Crippen molar-refractivity contribution >= 4 is 11.7 Å². The Bertz CT molecular complexity index is 1200. The van der Waals surface area contributed by atoms with E-state index in [9.17, 15) is 9.90 Å². The lowest BCUT2D eigenvalue weighted by atomic mass is 10.0. The van der Waals surface area contributed by atoms with Gasteiger partial charge in [-0.05, 0) is 26.3 Å². The average molecular weight is 404 g/mol. The van der Waals surface area contributed by atoms with Gasteiger partial charge < -0.3 is 5.11 Å². The van der Waals surface area contributed by atoms with Crippen molar-refractivity contribution in [2.24, 2.45) is 7.05 Å². The number of carboxylic acid groups (broad SMARTS) is 1. The van der Waals surface area contributed by atoms with Crippen LogP contribution in [-0.4, -0.2) is 45.8 Å². The van der Waals surface area contributed by atoms with E-state index in [2.05, 4.69) is 10.1 Å². The third kappa shape index (κ3) is 3.76. The van der Waals surface area contributed by atoms with Crippen LogP contribution in [0.4, 0.5) is 4.79 Å². The van der Waals surface area contributed by atoms with E-state index >= 15 is 0 Å². The fraction of sp³-hybridized carbons (Fsp3) is 0.273. The molecular weight excluding hydrogens is 380 g/mol. The maximum atomic E-state index is 11.6. The van der Waals surface area contributed by atoms with Crippen LogP contribution in [0.15, 0.2) is 55.1 Å². The molecule has 0 unspecified atom stereocenters. The summed E-state index contributed by atoms with van der Waals surface area (Å²) in [7, 11) is 1.87. The van der Waals surface area contributed by atoms with Crippen LogP contribution in [0.2, 0.25) is 0 Å². The van der Waals surface area contributed by atoms with E-state index in [4.69, 9.17) is 4.98 Å². The molecule has 3 aromatic heterocycles. The quantitative estimate of drug-likeness (QED) is 0.554. The summed E-state index contributed by atoms with van der Waals surface area (Å²) in [6.07, 6.45) is 6.39. The molecule has 4 rings (SSSR count). The molecule has 0 spiro atoms. The van der Waals surface area contributed by atoms with Crippen LogP contribution >= 0.6 is 0 Å². The Balaban J connectivity index is 1.71. The summed E-state index contributed by atoms with van der Waals surface area (Å²) in [5.41, 5.74) is 3.88. The van der Waals surface area contributed by atoms with Crippen LogP contribution in [-0.2, 0) is 13.6 Å². The minimum Gasteiger partial charge on any atom is -0.465 e. The third-order valence-electron chi connectivity index (χ3n) is 4.98. The van der Waals surface area contributed by atoms with Crippen molar-refractivity contribution in [2.45, 2.75) is 32.9 Å². The first-order valence-electron chi connectivity index (χ1n) is 9.65. The number of amides is 1. The standard InChI is InChI=1S/C22H24N6O2/c1-22(2,3)28(21(29)30)13-15-5-7-16(8-6-15)20-25-18(17-12-24-26(4)14-17)11-19-23-9-10-27(19)20/h5-12,14H,13H2,1-4H3,(H,29,30). The van der Waals surface area contributed by atoms with Crippen LogP contribution < -0.4 is 0 Å². The van der Waals surface area contributed by atoms with Crippen molar-refractivity contribution in [3.05, 3.63) is 60.7 Å². The summed E-state index contributed by atoms with van der Waals surface area (Å²) >= 11 is 0. The zero-order valence-electron chi connectivity index (χ0n) is 17.4. The molecule has 0 fully saturated rings. The first-order chi connectivity index (χ1) is 14.2. The number of benzene rings is 1. The summed E-state index contributed by atoms with van der Waals surface area (Å²) in [5, 5.41) is 13.8. The molecule has 8 heteroatoms. The molecule has 0 saturated carbocycles. The highest BCUT2D eigenvalue weighted by molar-refractivity contribution is 5.69. The molecule has 0 aliphatic heterocycles. The van der Waals surface area contributed by atoms with Crippen LogP contribution in [0.1, 0.15) is 26.3 Å². The Hall–Kier alpha value is -3.68. The Morgan fingerprint density at radius 1 is 1.17 bits per heavy atom. The number of hydrogen-bond acceptors (Lipinski definition) is 4. The fourth-order valence-corrected chi connectivity index (χ4v) is 3.36. The number of rotatable bonds is 4. The van der Waals surface area contributed by atoms with Crippen LogP contribution in [0.5, 0.6) is 0 Å². The Morgan fingerprint density at radius 2 is 1.90 bits per heavy atom. The van der Waals surface area contributed by atoms with Gasteiger partial charge in [0.15, 0.2) is 0 Å². The van der Waals surface area contributed by atoms with Crippen molar-refractivity contribution in [1.29, 1.82) is 0 Å². The summed E-state index contributed by atoms with van der Waals surface area (Å²) in [5.74, 6) is 0.765. The molecule has 0 radical (unpaired) electrons. The molecule has 0 aliphatic carbocycles. The highest BCUT2D eigenvalue weighted by atomic mass is 16.4. The molecule has 1 amide bonds. The number of nitrogens with zero attached hydrogens (tertiary/aromatic N) is 6. The number of hydrogen-bond donors (Lipinski definition) is 1. The van der Waals surface area contributed by atoms with Gasteiger partial charge >= 0.3 is 6.09 Å². The van der Waals surface area contributed by atoms with Crippen LogP contribution in [0, 0.1) is 0 Å². The minimum absolute atomic E-state index is 0.322. The number of aromatic nitrogens is 5. The SMILES string of the molecule is Cn1cc(-c2cc3nccn3c(-c3ccc(CN(C(=O)O)C(C)(C)C)cc3)n2)cn1. The molecule has 0 saturated heterocycles. The monoisotopic (exact) mass is 404 g/mol. The van der Waals surface area contributed by atoms with E-state index in [1.54, 1.807) is 17.1 Å². The molecule has 30 heavy (non-hydrogen) atoms. The lowest BCUT2D eigenvalue weighted by Gasteiger charge is -2.33. The maximum Gasteiger partial charge on any atom is 0.408 e. The normalized spacial score (nSPS) is 11.7. The fourth-order valence-electron chi connectivity index (χ4n) is 3.36. The summed E-state index contributed by atoms with van der Waals surface area (Å²) in [4.78, 5) is 22.3. The van der Waals surface area contributed by atoms with Gasteiger partial charge in [-0.2, -0.15) is 5.10 Å². The van der Waals surface area contributed by atoms with E-state index in [0.29, 0.717) is 6.54 Å². The number of carbonyl (C=O) groups is 1. The van der Waals surface area contributed by atoms with E-state index in [1.807, 2.05) is 74.9 Å². The second-order valence-corrected chi connectivity index (χ2v) is 8.26. The Morgan fingerprint density at radius 3 is 2.50 bits per heavy atom. The molecule has 4 aromatic rings. The second-order valence-electron chi connectivity index (χ2n) is 8.26. The lowest BCUT2D eigenvalue weighted by molar-refractivity contribution is 0.0955. The zero-order chi connectivity index (χ0) is 21.5. The van der Waals surface area contributed by atoms with Crippen molar-refractivity contribution in [2.75, 3.05) is 0 Å². The van der Waals surface area contributed by atoms with Crippen molar-refractivity contribution in [1.82, 2.24) is 29.0 Å². The van der Waals surface area contributed by atoms with Gasteiger partial charge in [-0.1, -0.05) is 24.3 Å². The highest BCUT2D eigenvalue weighted by Crippen LogP contribution is 2.26. The van der Waals surface area contributed by atoms with Crippen molar-refractivity contribution in [3.63, 3.8) is 0 Å². The topological polar surface area (TPSA) is 88.5 Å². The van der Waals surface area contributed by atoms with E-state index in [1.165, 1.54) is 4.90 Å². The van der Waals surface area contributed by atoms with Gasteiger partial charge in [-0.15, -0.1) is 0 Å². The molecule has 154 valence electrons. The van der Waals surface area contributed by atoms with E-state index in [0.717, 1.165) is 33.9 Å². The smallest absolute Gasteiger partial charge is 0.408 e. The third-order valence-corrected chi connectivity index (χ3v) is 4.98. The Kier molecular flexibility index (Phi) is 4.77. The van der Waals surface area contributed by atoms with Crippen LogP contribution in [0.3, 0.4) is 0 Å². The Labute approximate surface area is 174 Å². The summed E-state index contributed by atoms with van der Waals surface area (Å²) in [6.45, 7) is 5.99. The predicted molar refractivity (Wildman–Crippen MR) is 114 cm³/mol. The number of imidazole rings is 1. The molecule has 0 aliphatic rings. The van der Waals surface area contributed by atoms with Gasteiger partial charge in [0.2, 0.25) is 0 Å². The number of aryl methyl sites for hydroxylation is 1. The first-order valence-corrected chi connectivity index (χ1v) is 9.65. The van der Waals surface area contributed by atoms with Gasteiger partial charge in [-0.25, -0.2) is 14.8 Å². The second kappa shape index (κ2) is 7.29. The minimum atomic E-state index is -0.933. The number of fused-ring (bicyclic) bond motifs is 1. The largest absolute Gasteiger partial charge is 0.465 e.